The van der Waals surface area contributed by atoms with Gasteiger partial charge in [0, 0.05) is 5.56 Å². The number of benzene rings is 3. The molecule has 0 atom stereocenters. The van der Waals surface area contributed by atoms with Crippen molar-refractivity contribution in [3.05, 3.63) is 77.1 Å². The van der Waals surface area contributed by atoms with Crippen LogP contribution < -0.4 is 10.6 Å². The molecule has 0 aromatic heterocycles. The number of fused-ring (bicyclic) bond motifs is 1. The predicted molar refractivity (Wildman–Crippen MR) is 107 cm³/mol. The first kappa shape index (κ1) is 20.3. The lowest BCUT2D eigenvalue weighted by Gasteiger charge is -2.09. The van der Waals surface area contributed by atoms with E-state index in [1.54, 1.807) is 12.1 Å². The SMILES string of the molecule is O=C(COC(=O)CNC(=O)c1ccc2ccccc2c1)Nc1ccc(F)cc1Cl. The van der Waals surface area contributed by atoms with Gasteiger partial charge in [-0.1, -0.05) is 41.9 Å². The number of carbonyl (C=O) groups excluding carboxylic acids is 3. The summed E-state index contributed by atoms with van der Waals surface area (Å²) in [6, 6.07) is 16.2. The van der Waals surface area contributed by atoms with Gasteiger partial charge in [-0.2, -0.15) is 0 Å². The van der Waals surface area contributed by atoms with E-state index in [4.69, 9.17) is 16.3 Å². The van der Waals surface area contributed by atoms with Gasteiger partial charge in [-0.25, -0.2) is 4.39 Å². The van der Waals surface area contributed by atoms with Gasteiger partial charge in [0.25, 0.3) is 11.8 Å². The molecule has 0 spiro atoms. The number of rotatable bonds is 6. The molecular weight excluding hydrogens is 399 g/mol. The smallest absolute Gasteiger partial charge is 0.325 e. The lowest BCUT2D eigenvalue weighted by Crippen LogP contribution is -2.32. The summed E-state index contributed by atoms with van der Waals surface area (Å²) in [5.41, 5.74) is 0.596. The van der Waals surface area contributed by atoms with Crippen LogP contribution in [0.15, 0.2) is 60.7 Å². The fourth-order valence-electron chi connectivity index (χ4n) is 2.56. The molecule has 0 saturated carbocycles. The monoisotopic (exact) mass is 414 g/mol. The van der Waals surface area contributed by atoms with Gasteiger partial charge >= 0.3 is 5.97 Å². The molecule has 0 fully saturated rings. The molecule has 3 aromatic rings. The van der Waals surface area contributed by atoms with Crippen molar-refractivity contribution in [3.8, 4) is 0 Å². The summed E-state index contributed by atoms with van der Waals surface area (Å²) in [6.45, 7) is -0.964. The van der Waals surface area contributed by atoms with Gasteiger partial charge in [0.05, 0.1) is 10.7 Å². The van der Waals surface area contributed by atoms with Crippen molar-refractivity contribution in [2.75, 3.05) is 18.5 Å². The Hall–Kier alpha value is -3.45. The molecule has 0 radical (unpaired) electrons. The van der Waals surface area contributed by atoms with E-state index < -0.39 is 36.8 Å². The summed E-state index contributed by atoms with van der Waals surface area (Å²) < 4.78 is 17.8. The highest BCUT2D eigenvalue weighted by Gasteiger charge is 2.12. The first-order valence-electron chi connectivity index (χ1n) is 8.60. The van der Waals surface area contributed by atoms with Crippen molar-refractivity contribution in [3.63, 3.8) is 0 Å². The Morgan fingerprint density at radius 1 is 0.966 bits per heavy atom. The maximum Gasteiger partial charge on any atom is 0.325 e. The van der Waals surface area contributed by atoms with E-state index in [1.165, 1.54) is 6.07 Å². The highest BCUT2D eigenvalue weighted by molar-refractivity contribution is 6.33. The first-order chi connectivity index (χ1) is 13.9. The molecule has 148 valence electrons. The van der Waals surface area contributed by atoms with Crippen LogP contribution in [0, 0.1) is 5.82 Å². The summed E-state index contributed by atoms with van der Waals surface area (Å²) in [5, 5.41) is 6.76. The molecule has 8 heteroatoms. The van der Waals surface area contributed by atoms with Crippen LogP contribution in [0.4, 0.5) is 10.1 Å². The quantitative estimate of drug-likeness (QED) is 0.604. The third kappa shape index (κ3) is 5.52. The molecule has 2 amide bonds. The van der Waals surface area contributed by atoms with Crippen molar-refractivity contribution in [1.82, 2.24) is 5.32 Å². The van der Waals surface area contributed by atoms with E-state index in [9.17, 15) is 18.8 Å². The molecule has 0 bridgehead atoms. The number of amides is 2. The number of ether oxygens (including phenoxy) is 1. The number of carbonyl (C=O) groups is 3. The second kappa shape index (κ2) is 9.16. The molecule has 0 aliphatic carbocycles. The van der Waals surface area contributed by atoms with Gasteiger partial charge in [-0.15, -0.1) is 0 Å². The third-order valence-corrected chi connectivity index (χ3v) is 4.29. The fraction of sp³-hybridized carbons (Fsp3) is 0.0952. The second-order valence-electron chi connectivity index (χ2n) is 6.08. The van der Waals surface area contributed by atoms with Crippen LogP contribution in [-0.4, -0.2) is 30.9 Å². The molecule has 3 aromatic carbocycles. The largest absolute Gasteiger partial charge is 0.454 e. The van der Waals surface area contributed by atoms with Crippen LogP contribution >= 0.6 is 11.6 Å². The molecular formula is C21H16ClFN2O4. The number of nitrogens with one attached hydrogen (secondary N) is 2. The summed E-state index contributed by atoms with van der Waals surface area (Å²) >= 11 is 5.81. The van der Waals surface area contributed by atoms with Crippen molar-refractivity contribution in [2.45, 2.75) is 0 Å². The summed E-state index contributed by atoms with van der Waals surface area (Å²) in [7, 11) is 0. The van der Waals surface area contributed by atoms with Gasteiger partial charge in [-0.3, -0.25) is 14.4 Å². The lowest BCUT2D eigenvalue weighted by molar-refractivity contribution is -0.146. The summed E-state index contributed by atoms with van der Waals surface area (Å²) in [4.78, 5) is 35.8. The number of esters is 1. The van der Waals surface area contributed by atoms with E-state index in [0.29, 0.717) is 5.56 Å². The molecule has 29 heavy (non-hydrogen) atoms. The standard InChI is InChI=1S/C21H16ClFN2O4/c22-17-10-16(23)7-8-18(17)25-19(26)12-29-20(27)11-24-21(28)15-6-5-13-3-1-2-4-14(13)9-15/h1-10H,11-12H2,(H,24,28)(H,25,26). The molecule has 0 saturated heterocycles. The third-order valence-electron chi connectivity index (χ3n) is 3.97. The van der Waals surface area contributed by atoms with Gasteiger partial charge < -0.3 is 15.4 Å². The van der Waals surface area contributed by atoms with Gasteiger partial charge in [0.1, 0.15) is 12.4 Å². The van der Waals surface area contributed by atoms with Crippen LogP contribution in [0.5, 0.6) is 0 Å². The van der Waals surface area contributed by atoms with E-state index in [0.717, 1.165) is 22.9 Å². The van der Waals surface area contributed by atoms with E-state index in [1.807, 2.05) is 30.3 Å². The highest BCUT2D eigenvalue weighted by Crippen LogP contribution is 2.22. The Balaban J connectivity index is 1.46. The number of halogens is 2. The van der Waals surface area contributed by atoms with E-state index in [-0.39, 0.29) is 10.7 Å². The van der Waals surface area contributed by atoms with Crippen molar-refractivity contribution < 1.29 is 23.5 Å². The molecule has 6 nitrogen and oxygen atoms in total. The number of anilines is 1. The number of hydrogen-bond donors (Lipinski definition) is 2. The molecule has 0 aliphatic heterocycles. The van der Waals surface area contributed by atoms with Crippen LogP contribution in [0.25, 0.3) is 10.8 Å². The Labute approximate surface area is 170 Å². The minimum atomic E-state index is -0.778. The van der Waals surface area contributed by atoms with E-state index in [2.05, 4.69) is 10.6 Å². The first-order valence-corrected chi connectivity index (χ1v) is 8.98. The normalized spacial score (nSPS) is 10.4. The zero-order valence-electron chi connectivity index (χ0n) is 15.1. The van der Waals surface area contributed by atoms with Crippen molar-refractivity contribution in [1.29, 1.82) is 0 Å². The van der Waals surface area contributed by atoms with Crippen molar-refractivity contribution in [2.24, 2.45) is 0 Å². The number of hydrogen-bond acceptors (Lipinski definition) is 4. The predicted octanol–water partition coefficient (Wildman–Crippen LogP) is 3.54. The molecule has 2 N–H and O–H groups in total. The Morgan fingerprint density at radius 3 is 2.48 bits per heavy atom. The average Bonchev–Trinajstić information content (AvgIpc) is 2.72. The van der Waals surface area contributed by atoms with Crippen LogP contribution in [0.3, 0.4) is 0 Å². The Morgan fingerprint density at radius 2 is 1.72 bits per heavy atom. The summed E-state index contributed by atoms with van der Waals surface area (Å²) in [5.74, 6) is -2.40. The topological polar surface area (TPSA) is 84.5 Å². The zero-order chi connectivity index (χ0) is 20.8. The molecule has 0 heterocycles. The van der Waals surface area contributed by atoms with Gasteiger partial charge in [-0.05, 0) is 41.1 Å². The Bertz CT molecular complexity index is 1090. The van der Waals surface area contributed by atoms with Gasteiger partial charge in [0.15, 0.2) is 6.61 Å². The van der Waals surface area contributed by atoms with Crippen LogP contribution in [-0.2, 0) is 14.3 Å². The minimum absolute atomic E-state index is 0.0207. The summed E-state index contributed by atoms with van der Waals surface area (Å²) in [6.07, 6.45) is 0. The maximum absolute atomic E-state index is 13.0. The highest BCUT2D eigenvalue weighted by atomic mass is 35.5. The van der Waals surface area contributed by atoms with Crippen molar-refractivity contribution >= 4 is 45.8 Å². The second-order valence-corrected chi connectivity index (χ2v) is 6.48. The fourth-order valence-corrected chi connectivity index (χ4v) is 2.77. The minimum Gasteiger partial charge on any atom is -0.454 e. The van der Waals surface area contributed by atoms with Crippen LogP contribution in [0.2, 0.25) is 5.02 Å². The maximum atomic E-state index is 13.0. The zero-order valence-corrected chi connectivity index (χ0v) is 15.8. The lowest BCUT2D eigenvalue weighted by atomic mass is 10.1. The van der Waals surface area contributed by atoms with E-state index >= 15 is 0 Å². The Kier molecular flexibility index (Phi) is 6.41. The average molecular weight is 415 g/mol. The molecule has 0 unspecified atom stereocenters. The van der Waals surface area contributed by atoms with Crippen LogP contribution in [0.1, 0.15) is 10.4 Å². The molecule has 3 rings (SSSR count). The van der Waals surface area contributed by atoms with Gasteiger partial charge in [0.2, 0.25) is 0 Å². The molecule has 0 aliphatic rings.